The fraction of sp³-hybridized carbons (Fsp3) is 0.955. The molecule has 168 valence electrons. The van der Waals surface area contributed by atoms with E-state index in [1.807, 2.05) is 0 Å². The molecule has 6 heteroatoms. The Morgan fingerprint density at radius 3 is 2.04 bits per heavy atom. The van der Waals surface area contributed by atoms with Crippen LogP contribution < -0.4 is 16.8 Å². The molecule has 0 saturated carbocycles. The Labute approximate surface area is 173 Å². The summed E-state index contributed by atoms with van der Waals surface area (Å²) in [6.45, 7) is 3.87. The van der Waals surface area contributed by atoms with Gasteiger partial charge in [-0.3, -0.25) is 10.5 Å². The molecular formula is C22H47N3O3. The van der Waals surface area contributed by atoms with E-state index in [-0.39, 0.29) is 12.1 Å². The highest BCUT2D eigenvalue weighted by Crippen LogP contribution is 2.14. The Kier molecular flexibility index (Phi) is 20.5. The summed E-state index contributed by atoms with van der Waals surface area (Å²) in [4.78, 5) is 11.7. The summed E-state index contributed by atoms with van der Waals surface area (Å²) in [5.41, 5.74) is 11.1. The van der Waals surface area contributed by atoms with Crippen molar-refractivity contribution in [3.05, 3.63) is 0 Å². The summed E-state index contributed by atoms with van der Waals surface area (Å²) >= 11 is 0. The number of unbranched alkanes of at least 4 members (excludes halogenated alkanes) is 10. The zero-order valence-electron chi connectivity index (χ0n) is 18.3. The van der Waals surface area contributed by atoms with Gasteiger partial charge in [-0.25, -0.2) is 0 Å². The van der Waals surface area contributed by atoms with E-state index in [4.69, 9.17) is 16.2 Å². The zero-order valence-corrected chi connectivity index (χ0v) is 18.3. The molecule has 0 radical (unpaired) electrons. The summed E-state index contributed by atoms with van der Waals surface area (Å²) in [5.74, 6) is -0.213. The molecule has 0 heterocycles. The van der Waals surface area contributed by atoms with Crippen LogP contribution in [0.4, 0.5) is 0 Å². The van der Waals surface area contributed by atoms with Crippen molar-refractivity contribution in [2.75, 3.05) is 19.6 Å². The Morgan fingerprint density at radius 2 is 1.46 bits per heavy atom. The average molecular weight is 402 g/mol. The Morgan fingerprint density at radius 1 is 0.929 bits per heavy atom. The Hall–Kier alpha value is -0.690. The summed E-state index contributed by atoms with van der Waals surface area (Å²) in [7, 11) is 0. The second-order valence-corrected chi connectivity index (χ2v) is 7.89. The second-order valence-electron chi connectivity index (χ2n) is 7.89. The van der Waals surface area contributed by atoms with E-state index >= 15 is 0 Å². The summed E-state index contributed by atoms with van der Waals surface area (Å²) in [6.07, 6.45) is 15.8. The number of rotatable bonds is 21. The lowest BCUT2D eigenvalue weighted by molar-refractivity contribution is -0.148. The van der Waals surface area contributed by atoms with Gasteiger partial charge >= 0.3 is 5.97 Å². The lowest BCUT2D eigenvalue weighted by atomic mass is 10.0. The van der Waals surface area contributed by atoms with Crippen molar-refractivity contribution < 1.29 is 14.6 Å². The van der Waals surface area contributed by atoms with Crippen molar-refractivity contribution >= 4 is 5.97 Å². The SMILES string of the molecule is CCCCCCC(O)CCCCCCCCCCC(=O)OC(N)CNCCN. The first kappa shape index (κ1) is 27.3. The third-order valence-electron chi connectivity index (χ3n) is 5.01. The van der Waals surface area contributed by atoms with E-state index in [1.54, 1.807) is 0 Å². The monoisotopic (exact) mass is 401 g/mol. The number of nitrogens with one attached hydrogen (secondary N) is 1. The van der Waals surface area contributed by atoms with Crippen molar-refractivity contribution in [3.63, 3.8) is 0 Å². The Bertz CT molecular complexity index is 343. The highest BCUT2D eigenvalue weighted by Gasteiger charge is 2.09. The van der Waals surface area contributed by atoms with Gasteiger partial charge in [0, 0.05) is 26.1 Å². The van der Waals surface area contributed by atoms with Crippen molar-refractivity contribution in [1.82, 2.24) is 5.32 Å². The molecule has 0 amide bonds. The fourth-order valence-electron chi connectivity index (χ4n) is 3.28. The largest absolute Gasteiger partial charge is 0.445 e. The van der Waals surface area contributed by atoms with Gasteiger partial charge in [0.1, 0.15) is 0 Å². The number of carbonyl (C=O) groups is 1. The topological polar surface area (TPSA) is 111 Å². The molecule has 0 bridgehead atoms. The van der Waals surface area contributed by atoms with E-state index in [0.717, 1.165) is 38.5 Å². The molecule has 2 atom stereocenters. The quantitative estimate of drug-likeness (QED) is 0.133. The predicted molar refractivity (Wildman–Crippen MR) is 117 cm³/mol. The minimum atomic E-state index is -0.589. The van der Waals surface area contributed by atoms with Gasteiger partial charge in [0.25, 0.3) is 0 Å². The predicted octanol–water partition coefficient (Wildman–Crippen LogP) is 3.60. The van der Waals surface area contributed by atoms with Gasteiger partial charge in [-0.1, -0.05) is 77.6 Å². The zero-order chi connectivity index (χ0) is 20.9. The van der Waals surface area contributed by atoms with Crippen molar-refractivity contribution in [3.8, 4) is 0 Å². The minimum absolute atomic E-state index is 0.0961. The van der Waals surface area contributed by atoms with E-state index in [0.29, 0.717) is 26.1 Å². The number of nitrogens with two attached hydrogens (primary N) is 2. The first-order chi connectivity index (χ1) is 13.6. The maximum absolute atomic E-state index is 11.7. The van der Waals surface area contributed by atoms with Gasteiger partial charge in [-0.15, -0.1) is 0 Å². The lowest BCUT2D eigenvalue weighted by Gasteiger charge is -2.13. The third-order valence-corrected chi connectivity index (χ3v) is 5.01. The maximum Gasteiger partial charge on any atom is 0.307 e. The van der Waals surface area contributed by atoms with Crippen LogP contribution >= 0.6 is 0 Å². The number of aliphatic hydroxyl groups is 1. The third kappa shape index (κ3) is 20.1. The van der Waals surface area contributed by atoms with Crippen LogP contribution in [-0.4, -0.2) is 43.0 Å². The smallest absolute Gasteiger partial charge is 0.307 e. The van der Waals surface area contributed by atoms with Crippen LogP contribution in [-0.2, 0) is 9.53 Å². The maximum atomic E-state index is 11.7. The van der Waals surface area contributed by atoms with E-state index in [2.05, 4.69) is 12.2 Å². The van der Waals surface area contributed by atoms with E-state index in [1.165, 1.54) is 51.4 Å². The van der Waals surface area contributed by atoms with Crippen molar-refractivity contribution in [1.29, 1.82) is 0 Å². The van der Waals surface area contributed by atoms with Crippen LogP contribution in [0.5, 0.6) is 0 Å². The molecule has 0 aromatic carbocycles. The highest BCUT2D eigenvalue weighted by atomic mass is 16.6. The number of carbonyl (C=O) groups excluding carboxylic acids is 1. The number of ether oxygens (including phenoxy) is 1. The molecule has 0 aliphatic heterocycles. The fourth-order valence-corrected chi connectivity index (χ4v) is 3.28. The van der Waals surface area contributed by atoms with Gasteiger partial charge in [-0.05, 0) is 19.3 Å². The standard InChI is InChI=1S/C22H47N3O3/c1-2-3-4-11-14-20(26)15-12-9-7-5-6-8-10-13-16-22(27)28-21(24)19-25-18-17-23/h20-21,25-26H,2-19,23-24H2,1H3. The lowest BCUT2D eigenvalue weighted by Crippen LogP contribution is -2.39. The average Bonchev–Trinajstić information content (AvgIpc) is 2.67. The molecule has 0 aromatic rings. The first-order valence-electron chi connectivity index (χ1n) is 11.6. The summed E-state index contributed by atoms with van der Waals surface area (Å²) < 4.78 is 5.14. The molecule has 0 rings (SSSR count). The van der Waals surface area contributed by atoms with Crippen LogP contribution in [0.3, 0.4) is 0 Å². The molecule has 0 aromatic heterocycles. The van der Waals surface area contributed by atoms with Gasteiger partial charge < -0.3 is 20.9 Å². The highest BCUT2D eigenvalue weighted by molar-refractivity contribution is 5.69. The number of esters is 1. The minimum Gasteiger partial charge on any atom is -0.445 e. The van der Waals surface area contributed by atoms with E-state index < -0.39 is 6.23 Å². The molecule has 6 N–H and O–H groups in total. The number of hydrogen-bond acceptors (Lipinski definition) is 6. The van der Waals surface area contributed by atoms with Crippen molar-refractivity contribution in [2.45, 2.75) is 116 Å². The van der Waals surface area contributed by atoms with Crippen LogP contribution in [0.1, 0.15) is 103 Å². The van der Waals surface area contributed by atoms with Crippen LogP contribution in [0.2, 0.25) is 0 Å². The molecule has 0 spiro atoms. The van der Waals surface area contributed by atoms with Gasteiger partial charge in [0.15, 0.2) is 6.23 Å². The molecule has 28 heavy (non-hydrogen) atoms. The molecule has 2 unspecified atom stereocenters. The molecule has 0 aliphatic carbocycles. The first-order valence-corrected chi connectivity index (χ1v) is 11.6. The van der Waals surface area contributed by atoms with E-state index in [9.17, 15) is 9.90 Å². The molecule has 6 nitrogen and oxygen atoms in total. The number of hydrogen-bond donors (Lipinski definition) is 4. The van der Waals surface area contributed by atoms with Gasteiger partial charge in [0.2, 0.25) is 0 Å². The van der Waals surface area contributed by atoms with Crippen LogP contribution in [0.25, 0.3) is 0 Å². The molecule has 0 saturated heterocycles. The van der Waals surface area contributed by atoms with Crippen LogP contribution in [0.15, 0.2) is 0 Å². The normalized spacial score (nSPS) is 13.4. The summed E-state index contributed by atoms with van der Waals surface area (Å²) in [6, 6.07) is 0. The summed E-state index contributed by atoms with van der Waals surface area (Å²) in [5, 5.41) is 13.0. The van der Waals surface area contributed by atoms with Gasteiger partial charge in [0.05, 0.1) is 6.10 Å². The second kappa shape index (κ2) is 21.0. The molecule has 0 fully saturated rings. The Balaban J connectivity index is 3.31. The van der Waals surface area contributed by atoms with Crippen LogP contribution in [0, 0.1) is 0 Å². The molecule has 0 aliphatic rings. The molecular weight excluding hydrogens is 354 g/mol. The van der Waals surface area contributed by atoms with Crippen molar-refractivity contribution in [2.24, 2.45) is 11.5 Å². The van der Waals surface area contributed by atoms with Gasteiger partial charge in [-0.2, -0.15) is 0 Å². The number of aliphatic hydroxyl groups excluding tert-OH is 1.